The lowest BCUT2D eigenvalue weighted by Gasteiger charge is -2.32. The van der Waals surface area contributed by atoms with Crippen molar-refractivity contribution in [3.8, 4) is 11.5 Å². The summed E-state index contributed by atoms with van der Waals surface area (Å²) in [6.45, 7) is 6.24. The van der Waals surface area contributed by atoms with Gasteiger partial charge in [-0.15, -0.1) is 0 Å². The Morgan fingerprint density at radius 3 is 2.39 bits per heavy atom. The first-order valence-corrected chi connectivity index (χ1v) is 13.9. The van der Waals surface area contributed by atoms with Gasteiger partial charge in [0.1, 0.15) is 25.8 Å². The molecule has 2 amide bonds. The van der Waals surface area contributed by atoms with Crippen molar-refractivity contribution in [3.05, 3.63) is 54.1 Å². The molecular formula is C26H35N3O6S. The molecule has 0 saturated carbocycles. The van der Waals surface area contributed by atoms with Crippen LogP contribution in [-0.4, -0.2) is 69.8 Å². The summed E-state index contributed by atoms with van der Waals surface area (Å²) in [5, 5.41) is 2.83. The van der Waals surface area contributed by atoms with E-state index in [1.807, 2.05) is 37.3 Å². The summed E-state index contributed by atoms with van der Waals surface area (Å²) < 4.78 is 38.3. The first-order chi connectivity index (χ1) is 17.3. The van der Waals surface area contributed by atoms with Crippen LogP contribution >= 0.6 is 0 Å². The van der Waals surface area contributed by atoms with Gasteiger partial charge in [-0.2, -0.15) is 0 Å². The molecular weight excluding hydrogens is 482 g/mol. The quantitative estimate of drug-likeness (QED) is 0.464. The minimum Gasteiger partial charge on any atom is -0.486 e. The molecule has 0 aromatic heterocycles. The SMILES string of the molecule is CCCNC(=O)[C@@H](C)N(CCc1ccccc1)C(=O)CN(c1ccc2c(c1)OCCO2)S(=O)(=O)CC. The van der Waals surface area contributed by atoms with Gasteiger partial charge in [-0.3, -0.25) is 13.9 Å². The second-order valence-corrected chi connectivity index (χ2v) is 10.7. The number of sulfonamides is 1. The Hall–Kier alpha value is -3.27. The van der Waals surface area contributed by atoms with Crippen LogP contribution in [0.25, 0.3) is 0 Å². The maximum absolute atomic E-state index is 13.6. The number of carbonyl (C=O) groups is 2. The summed E-state index contributed by atoms with van der Waals surface area (Å²) in [4.78, 5) is 27.8. The third kappa shape index (κ3) is 6.90. The van der Waals surface area contributed by atoms with Crippen LogP contribution in [0.2, 0.25) is 0 Å². The monoisotopic (exact) mass is 517 g/mol. The number of hydrogen-bond acceptors (Lipinski definition) is 6. The van der Waals surface area contributed by atoms with Crippen LogP contribution < -0.4 is 19.1 Å². The predicted octanol–water partition coefficient (Wildman–Crippen LogP) is 2.60. The predicted molar refractivity (Wildman–Crippen MR) is 139 cm³/mol. The molecule has 0 spiro atoms. The van der Waals surface area contributed by atoms with Crippen LogP contribution in [0.4, 0.5) is 5.69 Å². The third-order valence-electron chi connectivity index (χ3n) is 5.99. The molecule has 196 valence electrons. The third-order valence-corrected chi connectivity index (χ3v) is 7.74. The molecule has 0 radical (unpaired) electrons. The fourth-order valence-corrected chi connectivity index (χ4v) is 4.93. The van der Waals surface area contributed by atoms with Crippen molar-refractivity contribution in [2.75, 3.05) is 42.9 Å². The van der Waals surface area contributed by atoms with Crippen molar-refractivity contribution in [1.29, 1.82) is 0 Å². The zero-order valence-electron chi connectivity index (χ0n) is 21.1. The van der Waals surface area contributed by atoms with Gasteiger partial charge >= 0.3 is 0 Å². The number of carbonyl (C=O) groups excluding carboxylic acids is 2. The highest BCUT2D eigenvalue weighted by atomic mass is 32.2. The van der Waals surface area contributed by atoms with Gasteiger partial charge in [0.15, 0.2) is 11.5 Å². The molecule has 1 heterocycles. The summed E-state index contributed by atoms with van der Waals surface area (Å²) in [6.07, 6.45) is 1.30. The molecule has 1 aliphatic rings. The Kier molecular flexibility index (Phi) is 9.58. The van der Waals surface area contributed by atoms with Gasteiger partial charge in [0.25, 0.3) is 0 Å². The second kappa shape index (κ2) is 12.6. The molecule has 36 heavy (non-hydrogen) atoms. The second-order valence-electron chi connectivity index (χ2n) is 8.52. The Morgan fingerprint density at radius 1 is 1.03 bits per heavy atom. The van der Waals surface area contributed by atoms with Crippen molar-refractivity contribution in [2.45, 2.75) is 39.7 Å². The average Bonchev–Trinajstić information content (AvgIpc) is 2.90. The zero-order chi connectivity index (χ0) is 26.1. The maximum atomic E-state index is 13.6. The van der Waals surface area contributed by atoms with Gasteiger partial charge in [0.05, 0.1) is 11.4 Å². The molecule has 3 rings (SSSR count). The molecule has 1 aliphatic heterocycles. The van der Waals surface area contributed by atoms with Gasteiger partial charge in [-0.05, 0) is 44.4 Å². The first kappa shape index (κ1) is 27.3. The maximum Gasteiger partial charge on any atom is 0.244 e. The molecule has 0 fully saturated rings. The van der Waals surface area contributed by atoms with E-state index in [0.29, 0.717) is 43.4 Å². The van der Waals surface area contributed by atoms with Crippen LogP contribution in [0.15, 0.2) is 48.5 Å². The first-order valence-electron chi connectivity index (χ1n) is 12.3. The van der Waals surface area contributed by atoms with Crippen LogP contribution in [0.3, 0.4) is 0 Å². The van der Waals surface area contributed by atoms with E-state index in [0.717, 1.165) is 16.3 Å². The van der Waals surface area contributed by atoms with E-state index in [-0.39, 0.29) is 18.2 Å². The molecule has 0 unspecified atom stereocenters. The van der Waals surface area contributed by atoms with Crippen molar-refractivity contribution in [3.63, 3.8) is 0 Å². The van der Waals surface area contributed by atoms with Gasteiger partial charge in [-0.1, -0.05) is 37.3 Å². The summed E-state index contributed by atoms with van der Waals surface area (Å²) in [6, 6.07) is 13.7. The highest BCUT2D eigenvalue weighted by Crippen LogP contribution is 2.35. The van der Waals surface area contributed by atoms with Crippen molar-refractivity contribution in [1.82, 2.24) is 10.2 Å². The lowest BCUT2D eigenvalue weighted by Crippen LogP contribution is -2.52. The van der Waals surface area contributed by atoms with Crippen molar-refractivity contribution in [2.24, 2.45) is 0 Å². The van der Waals surface area contributed by atoms with Gasteiger partial charge in [0, 0.05) is 19.2 Å². The minimum absolute atomic E-state index is 0.189. The lowest BCUT2D eigenvalue weighted by molar-refractivity contribution is -0.138. The minimum atomic E-state index is -3.81. The van der Waals surface area contributed by atoms with Gasteiger partial charge < -0.3 is 19.7 Å². The summed E-state index contributed by atoms with van der Waals surface area (Å²) in [5.41, 5.74) is 1.32. The van der Waals surface area contributed by atoms with Gasteiger partial charge in [0.2, 0.25) is 21.8 Å². The molecule has 1 atom stereocenters. The average molecular weight is 518 g/mol. The van der Waals surface area contributed by atoms with Crippen molar-refractivity contribution < 1.29 is 27.5 Å². The molecule has 0 bridgehead atoms. The van der Waals surface area contributed by atoms with E-state index in [4.69, 9.17) is 9.47 Å². The van der Waals surface area contributed by atoms with Crippen LogP contribution in [0.5, 0.6) is 11.5 Å². The molecule has 10 heteroatoms. The van der Waals surface area contributed by atoms with E-state index in [1.165, 1.54) is 11.8 Å². The van der Waals surface area contributed by atoms with Crippen LogP contribution in [-0.2, 0) is 26.0 Å². The van der Waals surface area contributed by atoms with E-state index in [9.17, 15) is 18.0 Å². The Bertz CT molecular complexity index is 1140. The van der Waals surface area contributed by atoms with E-state index in [2.05, 4.69) is 5.32 Å². The number of nitrogens with zero attached hydrogens (tertiary/aromatic N) is 2. The van der Waals surface area contributed by atoms with E-state index >= 15 is 0 Å². The number of nitrogens with one attached hydrogen (secondary N) is 1. The van der Waals surface area contributed by atoms with Crippen LogP contribution in [0, 0.1) is 0 Å². The number of benzene rings is 2. The normalized spacial score (nSPS) is 13.5. The number of amides is 2. The molecule has 2 aromatic rings. The molecule has 0 saturated heterocycles. The summed E-state index contributed by atoms with van der Waals surface area (Å²) in [5.74, 6) is 0.0248. The largest absolute Gasteiger partial charge is 0.486 e. The highest BCUT2D eigenvalue weighted by Gasteiger charge is 2.31. The topological polar surface area (TPSA) is 105 Å². The molecule has 2 aromatic carbocycles. The van der Waals surface area contributed by atoms with E-state index < -0.39 is 28.5 Å². The smallest absolute Gasteiger partial charge is 0.244 e. The number of ether oxygens (including phenoxy) is 2. The molecule has 1 N–H and O–H groups in total. The van der Waals surface area contributed by atoms with Gasteiger partial charge in [-0.25, -0.2) is 8.42 Å². The summed E-state index contributed by atoms with van der Waals surface area (Å²) in [7, 11) is -3.81. The number of anilines is 1. The fourth-order valence-electron chi connectivity index (χ4n) is 3.87. The number of fused-ring (bicyclic) bond motifs is 1. The Morgan fingerprint density at radius 2 is 1.72 bits per heavy atom. The Balaban J connectivity index is 1.88. The fraction of sp³-hybridized carbons (Fsp3) is 0.462. The molecule has 9 nitrogen and oxygen atoms in total. The lowest BCUT2D eigenvalue weighted by atomic mass is 10.1. The number of rotatable bonds is 12. The molecule has 0 aliphatic carbocycles. The Labute approximate surface area is 213 Å². The highest BCUT2D eigenvalue weighted by molar-refractivity contribution is 7.92. The standard InChI is InChI=1S/C26H35N3O6S/c1-4-14-27-26(31)20(3)28(15-13-21-9-7-6-8-10-21)25(30)19-29(36(32,33)5-2)22-11-12-23-24(18-22)35-17-16-34-23/h6-12,18,20H,4-5,13-17,19H2,1-3H3,(H,27,31)/t20-/m1/s1. The summed E-state index contributed by atoms with van der Waals surface area (Å²) >= 11 is 0. The van der Waals surface area contributed by atoms with E-state index in [1.54, 1.807) is 25.1 Å². The zero-order valence-corrected chi connectivity index (χ0v) is 21.9. The van der Waals surface area contributed by atoms with Crippen LogP contribution in [0.1, 0.15) is 32.8 Å². The number of hydrogen-bond donors (Lipinski definition) is 1. The van der Waals surface area contributed by atoms with Crippen molar-refractivity contribution >= 4 is 27.5 Å².